The molecule has 1 atom stereocenters. The molecular weight excluding hydrogens is 380 g/mol. The Balaban J connectivity index is 1.74. The normalized spacial score (nSPS) is 18.6. The summed E-state index contributed by atoms with van der Waals surface area (Å²) in [7, 11) is -3.53. The number of nitrogens with one attached hydrogen (secondary N) is 1. The van der Waals surface area contributed by atoms with Gasteiger partial charge in [-0.1, -0.05) is 32.0 Å². The average Bonchev–Trinajstić information content (AvgIpc) is 3.09. The van der Waals surface area contributed by atoms with E-state index in [0.29, 0.717) is 29.5 Å². The van der Waals surface area contributed by atoms with Crippen molar-refractivity contribution in [1.82, 2.24) is 4.31 Å². The van der Waals surface area contributed by atoms with Crippen LogP contribution in [0.1, 0.15) is 43.0 Å². The molecule has 1 saturated heterocycles. The molecule has 0 spiro atoms. The molecule has 5 nitrogen and oxygen atoms in total. The van der Waals surface area contributed by atoms with Crippen molar-refractivity contribution in [1.29, 1.82) is 0 Å². The summed E-state index contributed by atoms with van der Waals surface area (Å²) in [5.74, 6) is -0.146. The van der Waals surface area contributed by atoms with Crippen LogP contribution in [0.25, 0.3) is 0 Å². The van der Waals surface area contributed by atoms with Crippen LogP contribution < -0.4 is 5.32 Å². The highest BCUT2D eigenvalue weighted by atomic mass is 32.2. The predicted molar refractivity (Wildman–Crippen MR) is 110 cm³/mol. The number of hydrogen-bond donors (Lipinski definition) is 1. The lowest BCUT2D eigenvalue weighted by Crippen LogP contribution is -2.43. The molecule has 1 aromatic carbocycles. The first kappa shape index (κ1) is 20.0. The average molecular weight is 407 g/mol. The van der Waals surface area contributed by atoms with E-state index >= 15 is 0 Å². The second-order valence-electron chi connectivity index (χ2n) is 7.30. The molecule has 0 aliphatic carbocycles. The molecular formula is C20H26N2O3S2. The maximum absolute atomic E-state index is 12.9. The number of hydrogen-bond acceptors (Lipinski definition) is 4. The van der Waals surface area contributed by atoms with Gasteiger partial charge >= 0.3 is 0 Å². The molecule has 2 heterocycles. The van der Waals surface area contributed by atoms with Gasteiger partial charge in [0.2, 0.25) is 5.91 Å². The topological polar surface area (TPSA) is 66.5 Å². The summed E-state index contributed by atoms with van der Waals surface area (Å²) in [6.07, 6.45) is 1.39. The lowest BCUT2D eigenvalue weighted by Gasteiger charge is -2.31. The third kappa shape index (κ3) is 4.42. The van der Waals surface area contributed by atoms with Gasteiger partial charge < -0.3 is 5.32 Å². The zero-order valence-corrected chi connectivity index (χ0v) is 17.6. The van der Waals surface area contributed by atoms with Crippen LogP contribution in [0.5, 0.6) is 0 Å². The van der Waals surface area contributed by atoms with Gasteiger partial charge in [-0.25, -0.2) is 8.42 Å². The maximum atomic E-state index is 12.9. The van der Waals surface area contributed by atoms with E-state index in [0.717, 1.165) is 16.1 Å². The number of sulfonamides is 1. The fraction of sp³-hybridized carbons (Fsp3) is 0.450. The van der Waals surface area contributed by atoms with E-state index in [-0.39, 0.29) is 18.4 Å². The SMILES string of the molecule is Cc1ccc(S(=O)(=O)N2CCC[C@H](C(=O)Nc3ccccc3C(C)C)C2)s1. The lowest BCUT2D eigenvalue weighted by molar-refractivity contribution is -0.120. The number of anilines is 1. The minimum atomic E-state index is -3.53. The molecule has 3 rings (SSSR count). The van der Waals surface area contributed by atoms with Gasteiger partial charge in [-0.2, -0.15) is 4.31 Å². The standard InChI is InChI=1S/C20H26N2O3S2/c1-14(2)17-8-4-5-9-18(17)21-20(23)16-7-6-12-22(13-16)27(24,25)19-11-10-15(3)26-19/h4-5,8-11,14,16H,6-7,12-13H2,1-3H3,(H,21,23)/t16-/m0/s1. The minimum Gasteiger partial charge on any atom is -0.326 e. The number of carbonyl (C=O) groups excluding carboxylic acids is 1. The molecule has 2 aromatic rings. The summed E-state index contributed by atoms with van der Waals surface area (Å²) in [4.78, 5) is 13.8. The van der Waals surface area contributed by atoms with Crippen molar-refractivity contribution in [2.75, 3.05) is 18.4 Å². The second-order valence-corrected chi connectivity index (χ2v) is 10.8. The summed E-state index contributed by atoms with van der Waals surface area (Å²) in [5, 5.41) is 3.02. The first-order valence-corrected chi connectivity index (χ1v) is 11.5. The smallest absolute Gasteiger partial charge is 0.252 e. The van der Waals surface area contributed by atoms with Crippen LogP contribution in [0.4, 0.5) is 5.69 Å². The number of para-hydroxylation sites is 1. The first-order chi connectivity index (χ1) is 12.8. The summed E-state index contributed by atoms with van der Waals surface area (Å²) >= 11 is 1.28. The number of carbonyl (C=O) groups is 1. The van der Waals surface area contributed by atoms with Crippen molar-refractivity contribution in [2.45, 2.75) is 43.7 Å². The molecule has 146 valence electrons. The van der Waals surface area contributed by atoms with E-state index in [1.807, 2.05) is 37.3 Å². The number of amides is 1. The van der Waals surface area contributed by atoms with Gasteiger partial charge in [0.1, 0.15) is 4.21 Å². The van der Waals surface area contributed by atoms with Gasteiger partial charge in [0.25, 0.3) is 10.0 Å². The molecule has 0 bridgehead atoms. The molecule has 27 heavy (non-hydrogen) atoms. The molecule has 1 aromatic heterocycles. The van der Waals surface area contributed by atoms with Crippen LogP contribution in [0.15, 0.2) is 40.6 Å². The first-order valence-electron chi connectivity index (χ1n) is 9.25. The van der Waals surface area contributed by atoms with Crippen molar-refractivity contribution in [3.8, 4) is 0 Å². The molecule has 0 radical (unpaired) electrons. The number of piperidine rings is 1. The molecule has 1 aliphatic heterocycles. The zero-order chi connectivity index (χ0) is 19.6. The van der Waals surface area contributed by atoms with E-state index in [2.05, 4.69) is 19.2 Å². The van der Waals surface area contributed by atoms with E-state index in [9.17, 15) is 13.2 Å². The van der Waals surface area contributed by atoms with Crippen molar-refractivity contribution >= 4 is 33.0 Å². The Kier molecular flexibility index (Phi) is 6.03. The lowest BCUT2D eigenvalue weighted by atomic mass is 9.97. The van der Waals surface area contributed by atoms with E-state index < -0.39 is 10.0 Å². The number of benzene rings is 1. The summed E-state index contributed by atoms with van der Waals surface area (Å²) in [6, 6.07) is 11.2. The summed E-state index contributed by atoms with van der Waals surface area (Å²) in [5.41, 5.74) is 1.89. The Morgan fingerprint density at radius 3 is 2.63 bits per heavy atom. The minimum absolute atomic E-state index is 0.106. The Morgan fingerprint density at radius 2 is 1.96 bits per heavy atom. The highest BCUT2D eigenvalue weighted by Gasteiger charge is 2.34. The Labute approximate surface area is 165 Å². The van der Waals surface area contributed by atoms with Crippen LogP contribution in [0.2, 0.25) is 0 Å². The van der Waals surface area contributed by atoms with Gasteiger partial charge in [0.15, 0.2) is 0 Å². The third-order valence-electron chi connectivity index (χ3n) is 4.91. The van der Waals surface area contributed by atoms with Crippen molar-refractivity contribution in [2.24, 2.45) is 5.92 Å². The molecule has 0 unspecified atom stereocenters. The molecule has 1 amide bonds. The predicted octanol–water partition coefficient (Wildman–Crippen LogP) is 4.22. The Hall–Kier alpha value is -1.70. The monoisotopic (exact) mass is 406 g/mol. The van der Waals surface area contributed by atoms with Gasteiger partial charge in [0, 0.05) is 23.7 Å². The highest BCUT2D eigenvalue weighted by molar-refractivity contribution is 7.91. The summed E-state index contributed by atoms with van der Waals surface area (Å²) in [6.45, 7) is 6.76. The third-order valence-corrected chi connectivity index (χ3v) is 8.24. The van der Waals surface area contributed by atoms with Crippen LogP contribution in [0, 0.1) is 12.8 Å². The van der Waals surface area contributed by atoms with Gasteiger partial charge in [0.05, 0.1) is 5.92 Å². The quantitative estimate of drug-likeness (QED) is 0.808. The van der Waals surface area contributed by atoms with Crippen LogP contribution in [0.3, 0.4) is 0 Å². The number of nitrogens with zero attached hydrogens (tertiary/aromatic N) is 1. The Morgan fingerprint density at radius 1 is 1.22 bits per heavy atom. The van der Waals surface area contributed by atoms with E-state index in [1.165, 1.54) is 15.6 Å². The Bertz CT molecular complexity index is 919. The molecule has 1 aliphatic rings. The maximum Gasteiger partial charge on any atom is 0.252 e. The molecule has 1 N–H and O–H groups in total. The van der Waals surface area contributed by atoms with Gasteiger partial charge in [-0.15, -0.1) is 11.3 Å². The van der Waals surface area contributed by atoms with E-state index in [1.54, 1.807) is 6.07 Å². The van der Waals surface area contributed by atoms with Gasteiger partial charge in [-0.3, -0.25) is 4.79 Å². The summed E-state index contributed by atoms with van der Waals surface area (Å²) < 4.78 is 27.6. The van der Waals surface area contributed by atoms with Crippen molar-refractivity contribution < 1.29 is 13.2 Å². The molecule has 1 fully saturated rings. The fourth-order valence-electron chi connectivity index (χ4n) is 3.40. The zero-order valence-electron chi connectivity index (χ0n) is 15.9. The largest absolute Gasteiger partial charge is 0.326 e. The number of rotatable bonds is 5. The van der Waals surface area contributed by atoms with Crippen LogP contribution in [-0.4, -0.2) is 31.7 Å². The number of aryl methyl sites for hydroxylation is 1. The van der Waals surface area contributed by atoms with Gasteiger partial charge in [-0.05, 0) is 49.4 Å². The molecule has 7 heteroatoms. The van der Waals surface area contributed by atoms with Crippen molar-refractivity contribution in [3.05, 3.63) is 46.8 Å². The van der Waals surface area contributed by atoms with Crippen molar-refractivity contribution in [3.63, 3.8) is 0 Å². The van der Waals surface area contributed by atoms with Crippen LogP contribution in [-0.2, 0) is 14.8 Å². The second kappa shape index (κ2) is 8.12. The molecule has 0 saturated carbocycles. The fourth-order valence-corrected chi connectivity index (χ4v) is 6.36. The van der Waals surface area contributed by atoms with Crippen LogP contribution >= 0.6 is 11.3 Å². The van der Waals surface area contributed by atoms with E-state index in [4.69, 9.17) is 0 Å². The number of thiophene rings is 1. The highest BCUT2D eigenvalue weighted by Crippen LogP contribution is 2.29.